The van der Waals surface area contributed by atoms with Crippen LogP contribution >= 0.6 is 11.3 Å². The third-order valence-corrected chi connectivity index (χ3v) is 4.68. The van der Waals surface area contributed by atoms with Gasteiger partial charge in [-0.05, 0) is 39.3 Å². The molecule has 0 fully saturated rings. The molecule has 0 radical (unpaired) electrons. The molecule has 1 N–H and O–H groups in total. The molecule has 2 amide bonds. The number of aromatic nitrogens is 1. The molecule has 0 bridgehead atoms. The van der Waals surface area contributed by atoms with Crippen LogP contribution in [-0.2, 0) is 4.79 Å². The lowest BCUT2D eigenvalue weighted by Gasteiger charge is -2.21. The summed E-state index contributed by atoms with van der Waals surface area (Å²) in [5.74, 6) is -0.351. The smallest absolute Gasteiger partial charge is 0.254 e. The van der Waals surface area contributed by atoms with Crippen LogP contribution in [0, 0.1) is 20.8 Å². The lowest BCUT2D eigenvalue weighted by atomic mass is 10.1. The van der Waals surface area contributed by atoms with Crippen molar-refractivity contribution in [2.24, 2.45) is 0 Å². The Morgan fingerprint density at radius 2 is 1.83 bits per heavy atom. The van der Waals surface area contributed by atoms with Crippen molar-refractivity contribution in [3.63, 3.8) is 0 Å². The van der Waals surface area contributed by atoms with Gasteiger partial charge in [0.2, 0.25) is 5.91 Å². The van der Waals surface area contributed by atoms with Crippen molar-refractivity contribution >= 4 is 28.3 Å². The maximum atomic E-state index is 12.6. The topological polar surface area (TPSA) is 62.3 Å². The molecule has 24 heavy (non-hydrogen) atoms. The Morgan fingerprint density at radius 1 is 1.17 bits per heavy atom. The van der Waals surface area contributed by atoms with Gasteiger partial charge in [-0.2, -0.15) is 0 Å². The van der Waals surface area contributed by atoms with E-state index in [-0.39, 0.29) is 18.4 Å². The van der Waals surface area contributed by atoms with Gasteiger partial charge >= 0.3 is 0 Å². The van der Waals surface area contributed by atoms with Gasteiger partial charge in [0.1, 0.15) is 6.54 Å². The second-order valence-electron chi connectivity index (χ2n) is 5.80. The molecule has 0 saturated carbocycles. The minimum Gasteiger partial charge on any atom is -0.329 e. The van der Waals surface area contributed by atoms with Crippen LogP contribution in [0.25, 0.3) is 0 Å². The number of anilines is 1. The zero-order valence-corrected chi connectivity index (χ0v) is 15.4. The number of hydrogen-bond donors (Lipinski definition) is 1. The third-order valence-electron chi connectivity index (χ3n) is 3.69. The second kappa shape index (κ2) is 8.06. The number of nitrogens with one attached hydrogen (secondary N) is 1. The first-order valence-corrected chi connectivity index (χ1v) is 8.82. The summed E-state index contributed by atoms with van der Waals surface area (Å²) in [4.78, 5) is 31.8. The number of rotatable bonds is 6. The largest absolute Gasteiger partial charge is 0.329 e. The maximum absolute atomic E-state index is 12.6. The standard InChI is InChI=1S/C18H23N3O2S/c1-5-10-21(17(23)15-8-6-12(2)7-9-15)11-16(22)20-18-19-13(3)14(4)24-18/h6-9H,5,10-11H2,1-4H3,(H,19,20,22). The first kappa shape index (κ1) is 18.1. The second-order valence-corrected chi connectivity index (χ2v) is 7.00. The van der Waals surface area contributed by atoms with Crippen molar-refractivity contribution in [1.82, 2.24) is 9.88 Å². The van der Waals surface area contributed by atoms with Crippen molar-refractivity contribution in [1.29, 1.82) is 0 Å². The molecule has 1 aromatic carbocycles. The number of thiazole rings is 1. The summed E-state index contributed by atoms with van der Waals surface area (Å²) in [5, 5.41) is 3.36. The lowest BCUT2D eigenvalue weighted by Crippen LogP contribution is -2.38. The van der Waals surface area contributed by atoms with E-state index in [1.165, 1.54) is 11.3 Å². The molecule has 0 aliphatic rings. The van der Waals surface area contributed by atoms with E-state index < -0.39 is 0 Å². The zero-order chi connectivity index (χ0) is 17.7. The summed E-state index contributed by atoms with van der Waals surface area (Å²) in [6.07, 6.45) is 0.792. The van der Waals surface area contributed by atoms with Crippen LogP contribution in [0.2, 0.25) is 0 Å². The molecule has 6 heteroatoms. The number of amides is 2. The molecule has 0 saturated heterocycles. The number of benzene rings is 1. The van der Waals surface area contributed by atoms with Gasteiger partial charge in [0.15, 0.2) is 5.13 Å². The minimum atomic E-state index is -0.224. The van der Waals surface area contributed by atoms with Gasteiger partial charge in [-0.15, -0.1) is 11.3 Å². The fourth-order valence-electron chi connectivity index (χ4n) is 2.26. The SMILES string of the molecule is CCCN(CC(=O)Nc1nc(C)c(C)s1)C(=O)c1ccc(C)cc1. The molecule has 0 atom stereocenters. The normalized spacial score (nSPS) is 10.5. The summed E-state index contributed by atoms with van der Waals surface area (Å²) in [7, 11) is 0. The van der Waals surface area contributed by atoms with Crippen LogP contribution < -0.4 is 5.32 Å². The molecule has 0 aliphatic carbocycles. The summed E-state index contributed by atoms with van der Waals surface area (Å²) in [6.45, 7) is 8.40. The fourth-order valence-corrected chi connectivity index (χ4v) is 3.09. The zero-order valence-electron chi connectivity index (χ0n) is 14.5. The van der Waals surface area contributed by atoms with E-state index in [0.29, 0.717) is 17.2 Å². The van der Waals surface area contributed by atoms with Crippen LogP contribution in [0.4, 0.5) is 5.13 Å². The van der Waals surface area contributed by atoms with E-state index in [1.807, 2.05) is 39.8 Å². The van der Waals surface area contributed by atoms with Crippen LogP contribution in [-0.4, -0.2) is 34.8 Å². The van der Waals surface area contributed by atoms with Crippen molar-refractivity contribution in [2.45, 2.75) is 34.1 Å². The highest BCUT2D eigenvalue weighted by Gasteiger charge is 2.19. The number of carbonyl (C=O) groups excluding carboxylic acids is 2. The molecule has 0 aliphatic heterocycles. The van der Waals surface area contributed by atoms with E-state index in [1.54, 1.807) is 17.0 Å². The van der Waals surface area contributed by atoms with E-state index in [0.717, 1.165) is 22.6 Å². The van der Waals surface area contributed by atoms with Crippen LogP contribution in [0.5, 0.6) is 0 Å². The molecule has 1 aromatic heterocycles. The molecular formula is C18H23N3O2S. The number of carbonyl (C=O) groups is 2. The van der Waals surface area contributed by atoms with Gasteiger partial charge in [0.25, 0.3) is 5.91 Å². The first-order valence-electron chi connectivity index (χ1n) is 8.00. The number of hydrogen-bond acceptors (Lipinski definition) is 4. The van der Waals surface area contributed by atoms with Gasteiger partial charge in [-0.3, -0.25) is 9.59 Å². The fraction of sp³-hybridized carbons (Fsp3) is 0.389. The summed E-state index contributed by atoms with van der Waals surface area (Å²) >= 11 is 1.44. The van der Waals surface area contributed by atoms with Crippen molar-refractivity contribution in [2.75, 3.05) is 18.4 Å². The van der Waals surface area contributed by atoms with Crippen molar-refractivity contribution in [3.05, 3.63) is 46.0 Å². The predicted octanol–water partition coefficient (Wildman–Crippen LogP) is 3.56. The third kappa shape index (κ3) is 4.64. The maximum Gasteiger partial charge on any atom is 0.254 e. The van der Waals surface area contributed by atoms with Gasteiger partial charge < -0.3 is 10.2 Å². The molecule has 2 rings (SSSR count). The van der Waals surface area contributed by atoms with Gasteiger partial charge in [-0.25, -0.2) is 4.98 Å². The molecule has 1 heterocycles. The van der Waals surface area contributed by atoms with Crippen molar-refractivity contribution in [3.8, 4) is 0 Å². The lowest BCUT2D eigenvalue weighted by molar-refractivity contribution is -0.116. The van der Waals surface area contributed by atoms with E-state index in [9.17, 15) is 9.59 Å². The molecule has 0 spiro atoms. The van der Waals surface area contributed by atoms with Gasteiger partial charge in [-0.1, -0.05) is 24.6 Å². The van der Waals surface area contributed by atoms with Crippen LogP contribution in [0.15, 0.2) is 24.3 Å². The average Bonchev–Trinajstić information content (AvgIpc) is 2.84. The number of nitrogens with zero attached hydrogens (tertiary/aromatic N) is 2. The van der Waals surface area contributed by atoms with E-state index in [2.05, 4.69) is 10.3 Å². The highest BCUT2D eigenvalue weighted by molar-refractivity contribution is 7.15. The Bertz CT molecular complexity index is 703. The number of aryl methyl sites for hydroxylation is 3. The molecule has 5 nitrogen and oxygen atoms in total. The summed E-state index contributed by atoms with van der Waals surface area (Å²) in [6, 6.07) is 7.40. The molecular weight excluding hydrogens is 322 g/mol. The molecule has 128 valence electrons. The van der Waals surface area contributed by atoms with Gasteiger partial charge in [0, 0.05) is 17.0 Å². The summed E-state index contributed by atoms with van der Waals surface area (Å²) < 4.78 is 0. The Hall–Kier alpha value is -2.21. The quantitative estimate of drug-likeness (QED) is 0.871. The predicted molar refractivity (Wildman–Crippen MR) is 97.6 cm³/mol. The highest BCUT2D eigenvalue weighted by atomic mass is 32.1. The summed E-state index contributed by atoms with van der Waals surface area (Å²) in [5.41, 5.74) is 2.61. The Morgan fingerprint density at radius 3 is 2.38 bits per heavy atom. The minimum absolute atomic E-state index is 0.0260. The Kier molecular flexibility index (Phi) is 6.09. The van der Waals surface area contributed by atoms with Crippen LogP contribution in [0.1, 0.15) is 39.8 Å². The average molecular weight is 345 g/mol. The van der Waals surface area contributed by atoms with Crippen molar-refractivity contribution < 1.29 is 9.59 Å². The molecule has 0 unspecified atom stereocenters. The van der Waals surface area contributed by atoms with Crippen LogP contribution in [0.3, 0.4) is 0 Å². The molecule has 2 aromatic rings. The Labute approximate surface area is 146 Å². The first-order chi connectivity index (χ1) is 11.4. The monoisotopic (exact) mass is 345 g/mol. The van der Waals surface area contributed by atoms with E-state index >= 15 is 0 Å². The highest BCUT2D eigenvalue weighted by Crippen LogP contribution is 2.21. The Balaban J connectivity index is 2.05. The van der Waals surface area contributed by atoms with E-state index in [4.69, 9.17) is 0 Å². The van der Waals surface area contributed by atoms with Gasteiger partial charge in [0.05, 0.1) is 5.69 Å².